The quantitative estimate of drug-likeness (QED) is 0.606. The van der Waals surface area contributed by atoms with Crippen molar-refractivity contribution in [2.24, 2.45) is 0 Å². The average Bonchev–Trinajstić information content (AvgIpc) is 3.04. The van der Waals surface area contributed by atoms with Gasteiger partial charge >= 0.3 is 0 Å². The van der Waals surface area contributed by atoms with E-state index in [2.05, 4.69) is 10.2 Å². The molecule has 2 aromatic rings. The lowest BCUT2D eigenvalue weighted by Gasteiger charge is -2.28. The molecule has 4 rings (SSSR count). The van der Waals surface area contributed by atoms with Crippen molar-refractivity contribution in [3.63, 3.8) is 0 Å². The van der Waals surface area contributed by atoms with Gasteiger partial charge in [0.1, 0.15) is 6.04 Å². The standard InChI is InChI=1S/C24H27ClN4O3S/c1-17-6-8-18(9-7-17)26-22(30)16-21-23(31)28(11-10-27-12-14-32-15-13-27)24(33)29(21)20-5-3-2-4-19(20)25/h2-9,21H,10-16H2,1H3,(H,26,30). The highest BCUT2D eigenvalue weighted by Gasteiger charge is 2.44. The Morgan fingerprint density at radius 3 is 2.52 bits per heavy atom. The van der Waals surface area contributed by atoms with Gasteiger partial charge in [-0.1, -0.05) is 41.4 Å². The molecule has 1 unspecified atom stereocenters. The molecule has 2 aliphatic heterocycles. The van der Waals surface area contributed by atoms with Gasteiger partial charge in [-0.25, -0.2) is 0 Å². The summed E-state index contributed by atoms with van der Waals surface area (Å²) in [4.78, 5) is 31.9. The lowest BCUT2D eigenvalue weighted by atomic mass is 10.1. The van der Waals surface area contributed by atoms with Crippen LogP contribution in [0.15, 0.2) is 48.5 Å². The molecule has 2 heterocycles. The van der Waals surface area contributed by atoms with Crippen molar-refractivity contribution < 1.29 is 14.3 Å². The second-order valence-corrected chi connectivity index (χ2v) is 8.95. The summed E-state index contributed by atoms with van der Waals surface area (Å²) in [7, 11) is 0. The lowest BCUT2D eigenvalue weighted by Crippen LogP contribution is -2.43. The minimum Gasteiger partial charge on any atom is -0.379 e. The molecule has 2 saturated heterocycles. The summed E-state index contributed by atoms with van der Waals surface area (Å²) in [6, 6.07) is 14.0. The second kappa shape index (κ2) is 10.6. The molecule has 1 N–H and O–H groups in total. The van der Waals surface area contributed by atoms with Crippen molar-refractivity contribution in [3.05, 3.63) is 59.1 Å². The molecule has 0 radical (unpaired) electrons. The molecule has 0 bridgehead atoms. The third-order valence-corrected chi connectivity index (χ3v) is 6.61. The van der Waals surface area contributed by atoms with Crippen LogP contribution in [-0.4, -0.2) is 72.2 Å². The van der Waals surface area contributed by atoms with Crippen LogP contribution in [0.3, 0.4) is 0 Å². The van der Waals surface area contributed by atoms with Crippen LogP contribution in [0.4, 0.5) is 11.4 Å². The zero-order valence-corrected chi connectivity index (χ0v) is 20.1. The van der Waals surface area contributed by atoms with Crippen LogP contribution in [0.1, 0.15) is 12.0 Å². The van der Waals surface area contributed by atoms with Gasteiger partial charge in [0.25, 0.3) is 5.91 Å². The average molecular weight is 487 g/mol. The fourth-order valence-electron chi connectivity index (χ4n) is 4.04. The van der Waals surface area contributed by atoms with Crippen LogP contribution in [0.2, 0.25) is 5.02 Å². The summed E-state index contributed by atoms with van der Waals surface area (Å²) in [5, 5.41) is 3.73. The van der Waals surface area contributed by atoms with Gasteiger partial charge in [-0.15, -0.1) is 0 Å². The number of carbonyl (C=O) groups is 2. The van der Waals surface area contributed by atoms with Gasteiger partial charge in [-0.3, -0.25) is 19.4 Å². The van der Waals surface area contributed by atoms with E-state index in [-0.39, 0.29) is 18.2 Å². The SMILES string of the molecule is Cc1ccc(NC(=O)CC2C(=O)N(CCN3CCOCC3)C(=S)N2c2ccccc2Cl)cc1. The zero-order chi connectivity index (χ0) is 23.4. The van der Waals surface area contributed by atoms with Crippen molar-refractivity contribution in [2.75, 3.05) is 49.6 Å². The largest absolute Gasteiger partial charge is 0.379 e. The van der Waals surface area contributed by atoms with Crippen molar-refractivity contribution in [1.29, 1.82) is 0 Å². The number of nitrogens with zero attached hydrogens (tertiary/aromatic N) is 3. The Labute approximate surface area is 204 Å². The molecule has 2 amide bonds. The van der Waals surface area contributed by atoms with Crippen LogP contribution >= 0.6 is 23.8 Å². The van der Waals surface area contributed by atoms with Gasteiger partial charge in [0, 0.05) is 31.9 Å². The molecular formula is C24H27ClN4O3S. The second-order valence-electron chi connectivity index (χ2n) is 8.18. The summed E-state index contributed by atoms with van der Waals surface area (Å²) in [6.07, 6.45) is -0.0356. The number of halogens is 1. The van der Waals surface area contributed by atoms with Crippen molar-refractivity contribution in [2.45, 2.75) is 19.4 Å². The van der Waals surface area contributed by atoms with Gasteiger partial charge in [-0.2, -0.15) is 0 Å². The molecule has 2 fully saturated rings. The van der Waals surface area contributed by atoms with Gasteiger partial charge in [0.05, 0.1) is 30.3 Å². The molecule has 1 atom stereocenters. The van der Waals surface area contributed by atoms with Gasteiger partial charge in [0.2, 0.25) is 5.91 Å². The molecule has 0 aliphatic carbocycles. The highest BCUT2D eigenvalue weighted by atomic mass is 35.5. The molecule has 7 nitrogen and oxygen atoms in total. The van der Waals surface area contributed by atoms with Gasteiger partial charge in [0.15, 0.2) is 5.11 Å². The number of aryl methyl sites for hydroxylation is 1. The van der Waals surface area contributed by atoms with E-state index in [0.717, 1.165) is 18.7 Å². The molecule has 2 aliphatic rings. The number of morpholine rings is 1. The Morgan fingerprint density at radius 2 is 1.82 bits per heavy atom. The van der Waals surface area contributed by atoms with Crippen LogP contribution in [0, 0.1) is 6.92 Å². The summed E-state index contributed by atoms with van der Waals surface area (Å²) in [6.45, 7) is 6.15. The first-order valence-electron chi connectivity index (χ1n) is 11.0. The maximum absolute atomic E-state index is 13.4. The molecule has 9 heteroatoms. The minimum absolute atomic E-state index is 0.0356. The first kappa shape index (κ1) is 23.6. The van der Waals surface area contributed by atoms with E-state index in [0.29, 0.717) is 47.8 Å². The fraction of sp³-hybridized carbons (Fsp3) is 0.375. The van der Waals surface area contributed by atoms with E-state index in [1.807, 2.05) is 49.4 Å². The normalized spacial score (nSPS) is 19.3. The number of ether oxygens (including phenoxy) is 1. The summed E-state index contributed by atoms with van der Waals surface area (Å²) in [5.41, 5.74) is 2.41. The highest BCUT2D eigenvalue weighted by Crippen LogP contribution is 2.33. The molecule has 33 heavy (non-hydrogen) atoms. The van der Waals surface area contributed by atoms with Crippen LogP contribution in [0.25, 0.3) is 0 Å². The van der Waals surface area contributed by atoms with Crippen LogP contribution in [0.5, 0.6) is 0 Å². The van der Waals surface area contributed by atoms with E-state index in [4.69, 9.17) is 28.6 Å². The first-order valence-corrected chi connectivity index (χ1v) is 11.8. The van der Waals surface area contributed by atoms with Crippen molar-refractivity contribution in [3.8, 4) is 0 Å². The monoisotopic (exact) mass is 486 g/mol. The Hall–Kier alpha value is -2.52. The zero-order valence-electron chi connectivity index (χ0n) is 18.5. The number of carbonyl (C=O) groups excluding carboxylic acids is 2. The predicted molar refractivity (Wildman–Crippen MR) is 134 cm³/mol. The van der Waals surface area contributed by atoms with E-state index < -0.39 is 6.04 Å². The third-order valence-electron chi connectivity index (χ3n) is 5.87. The number of hydrogen-bond donors (Lipinski definition) is 1. The topological polar surface area (TPSA) is 65.1 Å². The maximum atomic E-state index is 13.4. The van der Waals surface area contributed by atoms with E-state index in [1.54, 1.807) is 15.9 Å². The molecule has 2 aromatic carbocycles. The van der Waals surface area contributed by atoms with E-state index in [9.17, 15) is 9.59 Å². The Morgan fingerprint density at radius 1 is 1.12 bits per heavy atom. The van der Waals surface area contributed by atoms with Crippen LogP contribution < -0.4 is 10.2 Å². The molecule has 0 aromatic heterocycles. The van der Waals surface area contributed by atoms with Gasteiger partial charge < -0.3 is 15.0 Å². The smallest absolute Gasteiger partial charge is 0.252 e. The molecular weight excluding hydrogens is 460 g/mol. The molecule has 174 valence electrons. The third kappa shape index (κ3) is 5.52. The molecule has 0 spiro atoms. The van der Waals surface area contributed by atoms with Crippen molar-refractivity contribution >= 4 is 52.1 Å². The Balaban J connectivity index is 1.52. The Kier molecular flexibility index (Phi) is 7.60. The number of amides is 2. The maximum Gasteiger partial charge on any atom is 0.252 e. The first-order chi connectivity index (χ1) is 15.9. The fourth-order valence-corrected chi connectivity index (χ4v) is 4.67. The number of thiocarbonyl (C=S) groups is 1. The lowest BCUT2D eigenvalue weighted by molar-refractivity contribution is -0.129. The predicted octanol–water partition coefficient (Wildman–Crippen LogP) is 3.31. The summed E-state index contributed by atoms with van der Waals surface area (Å²) >= 11 is 12.2. The Bertz CT molecular complexity index is 1030. The van der Waals surface area contributed by atoms with Gasteiger partial charge in [-0.05, 0) is 43.4 Å². The van der Waals surface area contributed by atoms with Crippen LogP contribution in [-0.2, 0) is 14.3 Å². The number of nitrogens with one attached hydrogen (secondary N) is 1. The number of para-hydroxylation sites is 1. The number of anilines is 2. The summed E-state index contributed by atoms with van der Waals surface area (Å²) < 4.78 is 5.40. The molecule has 0 saturated carbocycles. The minimum atomic E-state index is -0.757. The summed E-state index contributed by atoms with van der Waals surface area (Å²) in [5.74, 6) is -0.445. The number of rotatable bonds is 7. The number of benzene rings is 2. The van der Waals surface area contributed by atoms with E-state index >= 15 is 0 Å². The highest BCUT2D eigenvalue weighted by molar-refractivity contribution is 7.80. The van der Waals surface area contributed by atoms with E-state index in [1.165, 1.54) is 0 Å². The number of hydrogen-bond acceptors (Lipinski definition) is 5. The van der Waals surface area contributed by atoms with Crippen molar-refractivity contribution in [1.82, 2.24) is 9.80 Å².